The van der Waals surface area contributed by atoms with E-state index in [4.69, 9.17) is 13.9 Å². The zero-order valence-corrected chi connectivity index (χ0v) is 16.4. The summed E-state index contributed by atoms with van der Waals surface area (Å²) in [4.78, 5) is 12.4. The average Bonchev–Trinajstić information content (AvgIpc) is 3.39. The van der Waals surface area contributed by atoms with Crippen LogP contribution in [0.4, 0.5) is 0 Å². The van der Waals surface area contributed by atoms with Gasteiger partial charge in [-0.25, -0.2) is 8.42 Å². The molecule has 2 aromatic rings. The second-order valence-corrected chi connectivity index (χ2v) is 8.22. The second kappa shape index (κ2) is 9.22. The normalized spacial score (nSPS) is 18.0. The molecule has 1 amide bonds. The van der Waals surface area contributed by atoms with Crippen LogP contribution in [0.15, 0.2) is 52.0 Å². The molecule has 0 bridgehead atoms. The number of sulfonamides is 1. The number of carbonyl (C=O) groups is 1. The van der Waals surface area contributed by atoms with Gasteiger partial charge in [-0.15, -0.1) is 0 Å². The minimum Gasteiger partial charge on any atom is -0.497 e. The van der Waals surface area contributed by atoms with E-state index >= 15 is 0 Å². The Labute approximate surface area is 164 Å². The minimum atomic E-state index is -3.86. The fourth-order valence-electron chi connectivity index (χ4n) is 2.99. The molecule has 0 spiro atoms. The van der Waals surface area contributed by atoms with Gasteiger partial charge in [0.1, 0.15) is 11.5 Å². The molecule has 0 aliphatic carbocycles. The maximum atomic E-state index is 12.7. The molecule has 152 valence electrons. The standard InChI is InChI=1S/C19H24N2O6S/c1-25-14-6-8-16(9-7-14)28(23,24)21-17(18-5-3-11-27-18)12-19(22)20-13-15-4-2-10-26-15/h3,5-9,11,15,17,21H,2,4,10,12-13H2,1H3,(H,20,22)/t15-,17+/m0/s1. The molecule has 0 unspecified atom stereocenters. The third-order valence-corrected chi connectivity index (χ3v) is 5.98. The van der Waals surface area contributed by atoms with Gasteiger partial charge in [0, 0.05) is 13.2 Å². The molecular formula is C19H24N2O6S. The Kier molecular flexibility index (Phi) is 6.71. The number of ether oxygens (including phenoxy) is 2. The molecule has 1 fully saturated rings. The van der Waals surface area contributed by atoms with Gasteiger partial charge in [-0.1, -0.05) is 0 Å². The van der Waals surface area contributed by atoms with Crippen LogP contribution in [0.3, 0.4) is 0 Å². The summed E-state index contributed by atoms with van der Waals surface area (Å²) in [5, 5.41) is 2.80. The summed E-state index contributed by atoms with van der Waals surface area (Å²) in [6.45, 7) is 1.12. The monoisotopic (exact) mass is 408 g/mol. The van der Waals surface area contributed by atoms with Gasteiger partial charge in [-0.05, 0) is 49.2 Å². The fraction of sp³-hybridized carbons (Fsp3) is 0.421. The van der Waals surface area contributed by atoms with Gasteiger partial charge >= 0.3 is 0 Å². The number of rotatable bonds is 9. The maximum absolute atomic E-state index is 12.7. The predicted molar refractivity (Wildman–Crippen MR) is 101 cm³/mol. The lowest BCUT2D eigenvalue weighted by Crippen LogP contribution is -2.36. The number of benzene rings is 1. The highest BCUT2D eigenvalue weighted by molar-refractivity contribution is 7.89. The quantitative estimate of drug-likeness (QED) is 0.657. The molecule has 8 nitrogen and oxygen atoms in total. The SMILES string of the molecule is COc1ccc(S(=O)(=O)N[C@H](CC(=O)NC[C@@H]2CCCO2)c2ccco2)cc1. The van der Waals surface area contributed by atoms with Gasteiger partial charge in [0.15, 0.2) is 0 Å². The van der Waals surface area contributed by atoms with E-state index < -0.39 is 16.1 Å². The predicted octanol–water partition coefficient (Wildman–Crippen LogP) is 1.99. The first kappa shape index (κ1) is 20.4. The summed E-state index contributed by atoms with van der Waals surface area (Å²) in [6, 6.07) is 8.46. The maximum Gasteiger partial charge on any atom is 0.241 e. The number of hydrogen-bond acceptors (Lipinski definition) is 6. The first-order chi connectivity index (χ1) is 13.5. The zero-order chi connectivity index (χ0) is 20.0. The van der Waals surface area contributed by atoms with Crippen LogP contribution in [0.25, 0.3) is 0 Å². The van der Waals surface area contributed by atoms with Crippen molar-refractivity contribution in [2.75, 3.05) is 20.3 Å². The number of amides is 1. The van der Waals surface area contributed by atoms with Gasteiger partial charge < -0.3 is 19.2 Å². The van der Waals surface area contributed by atoms with Crippen LogP contribution in [0.2, 0.25) is 0 Å². The average molecular weight is 408 g/mol. The van der Waals surface area contributed by atoms with E-state index in [9.17, 15) is 13.2 Å². The molecule has 1 aromatic heterocycles. The number of nitrogens with one attached hydrogen (secondary N) is 2. The molecule has 0 radical (unpaired) electrons. The van der Waals surface area contributed by atoms with Crippen molar-refractivity contribution in [1.82, 2.24) is 10.0 Å². The van der Waals surface area contributed by atoms with Crippen molar-refractivity contribution in [1.29, 1.82) is 0 Å². The van der Waals surface area contributed by atoms with E-state index in [-0.39, 0.29) is 23.3 Å². The summed E-state index contributed by atoms with van der Waals surface area (Å²) < 4.78 is 43.9. The highest BCUT2D eigenvalue weighted by atomic mass is 32.2. The van der Waals surface area contributed by atoms with Crippen molar-refractivity contribution in [2.24, 2.45) is 0 Å². The van der Waals surface area contributed by atoms with Crippen LogP contribution in [0.1, 0.15) is 31.1 Å². The lowest BCUT2D eigenvalue weighted by molar-refractivity contribution is -0.122. The van der Waals surface area contributed by atoms with Crippen molar-refractivity contribution >= 4 is 15.9 Å². The summed E-state index contributed by atoms with van der Waals surface area (Å²) in [6.07, 6.45) is 3.26. The number of methoxy groups -OCH3 is 1. The van der Waals surface area contributed by atoms with E-state index in [1.807, 2.05) is 0 Å². The van der Waals surface area contributed by atoms with Crippen LogP contribution in [0, 0.1) is 0 Å². The largest absolute Gasteiger partial charge is 0.497 e. The van der Waals surface area contributed by atoms with Crippen LogP contribution >= 0.6 is 0 Å². The van der Waals surface area contributed by atoms with Crippen molar-refractivity contribution < 1.29 is 27.1 Å². The topological polar surface area (TPSA) is 107 Å². The molecule has 1 saturated heterocycles. The Hall–Kier alpha value is -2.36. The van der Waals surface area contributed by atoms with Crippen molar-refractivity contribution in [3.05, 3.63) is 48.4 Å². The highest BCUT2D eigenvalue weighted by Gasteiger charge is 2.26. The van der Waals surface area contributed by atoms with E-state index in [0.29, 0.717) is 24.7 Å². The number of furan rings is 1. The molecule has 1 aliphatic heterocycles. The van der Waals surface area contributed by atoms with E-state index in [1.54, 1.807) is 24.3 Å². The van der Waals surface area contributed by atoms with Gasteiger partial charge in [0.25, 0.3) is 0 Å². The Morgan fingerprint density at radius 3 is 2.68 bits per heavy atom. The summed E-state index contributed by atoms with van der Waals surface area (Å²) in [5.74, 6) is 0.633. The molecule has 9 heteroatoms. The first-order valence-electron chi connectivity index (χ1n) is 9.06. The lowest BCUT2D eigenvalue weighted by atomic mass is 10.1. The van der Waals surface area contributed by atoms with Crippen LogP contribution in [-0.2, 0) is 19.6 Å². The van der Waals surface area contributed by atoms with E-state index in [2.05, 4.69) is 10.0 Å². The molecule has 0 saturated carbocycles. The molecule has 2 N–H and O–H groups in total. The smallest absolute Gasteiger partial charge is 0.241 e. The molecule has 2 heterocycles. The highest BCUT2D eigenvalue weighted by Crippen LogP contribution is 2.22. The molecule has 1 aliphatic rings. The van der Waals surface area contributed by atoms with Crippen molar-refractivity contribution in [3.63, 3.8) is 0 Å². The molecular weight excluding hydrogens is 384 g/mol. The second-order valence-electron chi connectivity index (χ2n) is 6.51. The Bertz CT molecular complexity index is 858. The van der Waals surface area contributed by atoms with Gasteiger partial charge in [-0.3, -0.25) is 4.79 Å². The van der Waals surface area contributed by atoms with E-state index in [1.165, 1.54) is 25.5 Å². The summed E-state index contributed by atoms with van der Waals surface area (Å²) in [5.41, 5.74) is 0. The van der Waals surface area contributed by atoms with Gasteiger partial charge in [0.05, 0.1) is 36.8 Å². The number of carbonyl (C=O) groups excluding carboxylic acids is 1. The molecule has 2 atom stereocenters. The zero-order valence-electron chi connectivity index (χ0n) is 15.6. The van der Waals surface area contributed by atoms with Crippen LogP contribution in [0.5, 0.6) is 5.75 Å². The minimum absolute atomic E-state index is 0.0157. The van der Waals surface area contributed by atoms with Crippen LogP contribution in [-0.4, -0.2) is 40.7 Å². The third-order valence-electron chi connectivity index (χ3n) is 4.49. The third kappa shape index (κ3) is 5.34. The van der Waals surface area contributed by atoms with E-state index in [0.717, 1.165) is 12.8 Å². The Balaban J connectivity index is 1.68. The number of hydrogen-bond donors (Lipinski definition) is 2. The fourth-order valence-corrected chi connectivity index (χ4v) is 4.20. The first-order valence-corrected chi connectivity index (χ1v) is 10.5. The van der Waals surface area contributed by atoms with Gasteiger partial charge in [-0.2, -0.15) is 4.72 Å². The Morgan fingerprint density at radius 1 is 1.29 bits per heavy atom. The lowest BCUT2D eigenvalue weighted by Gasteiger charge is -2.18. The molecule has 1 aromatic carbocycles. The summed E-state index contributed by atoms with van der Waals surface area (Å²) >= 11 is 0. The van der Waals surface area contributed by atoms with Crippen molar-refractivity contribution in [2.45, 2.75) is 36.3 Å². The van der Waals surface area contributed by atoms with Gasteiger partial charge in [0.2, 0.25) is 15.9 Å². The summed E-state index contributed by atoms with van der Waals surface area (Å²) in [7, 11) is -2.35. The molecule has 28 heavy (non-hydrogen) atoms. The van der Waals surface area contributed by atoms with Crippen molar-refractivity contribution in [3.8, 4) is 5.75 Å². The Morgan fingerprint density at radius 2 is 2.07 bits per heavy atom. The van der Waals surface area contributed by atoms with Crippen LogP contribution < -0.4 is 14.8 Å². The molecule has 3 rings (SSSR count).